The summed E-state index contributed by atoms with van der Waals surface area (Å²) >= 11 is 3.56. The monoisotopic (exact) mass is 302 g/mol. The highest BCUT2D eigenvalue weighted by Crippen LogP contribution is 2.49. The molecule has 4 atom stereocenters. The molecule has 2 unspecified atom stereocenters. The Hall–Kier alpha value is -0.190. The van der Waals surface area contributed by atoms with Crippen LogP contribution >= 0.6 is 15.9 Å². The highest BCUT2D eigenvalue weighted by atomic mass is 79.9. The molecule has 96 valence electrons. The van der Waals surface area contributed by atoms with Gasteiger partial charge in [-0.2, -0.15) is 0 Å². The summed E-state index contributed by atoms with van der Waals surface area (Å²) in [4.78, 5) is 11.9. The number of rotatable bonds is 4. The van der Waals surface area contributed by atoms with Crippen molar-refractivity contribution in [1.82, 2.24) is 0 Å². The molecule has 2 aliphatic rings. The van der Waals surface area contributed by atoms with Crippen molar-refractivity contribution in [2.24, 2.45) is 17.8 Å². The summed E-state index contributed by atoms with van der Waals surface area (Å²) in [6, 6.07) is 0. The van der Waals surface area contributed by atoms with Gasteiger partial charge >= 0.3 is 0 Å². The van der Waals surface area contributed by atoms with E-state index in [1.54, 1.807) is 0 Å². The van der Waals surface area contributed by atoms with E-state index in [0.717, 1.165) is 10.9 Å². The summed E-state index contributed by atoms with van der Waals surface area (Å²) in [5.41, 5.74) is -0.545. The predicted molar refractivity (Wildman–Crippen MR) is 68.8 cm³/mol. The molecule has 1 fully saturated rings. The van der Waals surface area contributed by atoms with Crippen LogP contribution < -0.4 is 0 Å². The van der Waals surface area contributed by atoms with Gasteiger partial charge in [-0.1, -0.05) is 35.9 Å². The molecule has 0 saturated carbocycles. The third-order valence-electron chi connectivity index (χ3n) is 4.17. The smallest absolute Gasteiger partial charge is 0.171 e. The van der Waals surface area contributed by atoms with Gasteiger partial charge in [0.15, 0.2) is 11.4 Å². The minimum atomic E-state index is -0.545. The third kappa shape index (κ3) is 2.35. The Bertz CT molecular complexity index is 347. The summed E-state index contributed by atoms with van der Waals surface area (Å²) in [6.45, 7) is 4.90. The molecule has 1 aliphatic heterocycles. The number of epoxide rings is 1. The van der Waals surface area contributed by atoms with Crippen LogP contribution in [0.1, 0.15) is 26.7 Å². The second-order valence-electron chi connectivity index (χ2n) is 5.32. The van der Waals surface area contributed by atoms with Gasteiger partial charge in [0, 0.05) is 18.9 Å². The number of allylic oxidation sites excluding steroid dienone is 1. The summed E-state index contributed by atoms with van der Waals surface area (Å²) in [5.74, 6) is 0.961. The average Bonchev–Trinajstić information content (AvgIpc) is 3.10. The maximum absolute atomic E-state index is 11.9. The zero-order chi connectivity index (χ0) is 12.6. The van der Waals surface area contributed by atoms with Gasteiger partial charge in [-0.05, 0) is 22.7 Å². The Balaban J connectivity index is 2.11. The SMILES string of the molecule is CC(CC1C(Br)=CCC(=O)[C@@]12CO2)[C@H](C)CO. The second-order valence-corrected chi connectivity index (χ2v) is 6.24. The van der Waals surface area contributed by atoms with Gasteiger partial charge in [0.25, 0.3) is 0 Å². The zero-order valence-electron chi connectivity index (χ0n) is 10.3. The van der Waals surface area contributed by atoms with Gasteiger partial charge < -0.3 is 9.84 Å². The molecule has 0 amide bonds. The molecule has 17 heavy (non-hydrogen) atoms. The molecule has 4 heteroatoms. The lowest BCUT2D eigenvalue weighted by Gasteiger charge is -2.30. The quantitative estimate of drug-likeness (QED) is 0.811. The third-order valence-corrected chi connectivity index (χ3v) is 5.05. The van der Waals surface area contributed by atoms with Crippen LogP contribution in [0.4, 0.5) is 0 Å². The highest BCUT2D eigenvalue weighted by molar-refractivity contribution is 9.11. The molecule has 0 radical (unpaired) electrons. The second kappa shape index (κ2) is 4.82. The molecule has 1 aliphatic carbocycles. The molecule has 2 rings (SSSR count). The van der Waals surface area contributed by atoms with E-state index in [4.69, 9.17) is 4.74 Å². The van der Waals surface area contributed by atoms with Crippen LogP contribution in [-0.2, 0) is 9.53 Å². The van der Waals surface area contributed by atoms with Gasteiger partial charge in [-0.3, -0.25) is 4.79 Å². The van der Waals surface area contributed by atoms with Crippen molar-refractivity contribution in [2.75, 3.05) is 13.2 Å². The predicted octanol–water partition coefficient (Wildman–Crippen LogP) is 2.28. The van der Waals surface area contributed by atoms with E-state index in [2.05, 4.69) is 22.9 Å². The van der Waals surface area contributed by atoms with Crippen LogP contribution in [0.25, 0.3) is 0 Å². The first-order valence-electron chi connectivity index (χ1n) is 6.15. The Labute approximate surface area is 110 Å². The zero-order valence-corrected chi connectivity index (χ0v) is 11.9. The lowest BCUT2D eigenvalue weighted by Crippen LogP contribution is -2.38. The van der Waals surface area contributed by atoms with Crippen molar-refractivity contribution in [3.63, 3.8) is 0 Å². The fraction of sp³-hybridized carbons (Fsp3) is 0.769. The van der Waals surface area contributed by atoms with E-state index in [1.807, 2.05) is 13.0 Å². The van der Waals surface area contributed by atoms with Crippen molar-refractivity contribution in [3.05, 3.63) is 10.6 Å². The normalized spacial score (nSPS) is 35.6. The number of halogens is 1. The van der Waals surface area contributed by atoms with E-state index >= 15 is 0 Å². The van der Waals surface area contributed by atoms with Crippen LogP contribution in [0.2, 0.25) is 0 Å². The van der Waals surface area contributed by atoms with E-state index in [-0.39, 0.29) is 24.2 Å². The van der Waals surface area contributed by atoms with Gasteiger partial charge in [0.05, 0.1) is 6.61 Å². The van der Waals surface area contributed by atoms with E-state index in [1.165, 1.54) is 0 Å². The minimum Gasteiger partial charge on any atom is -0.396 e. The molecule has 1 heterocycles. The first-order chi connectivity index (χ1) is 8.01. The minimum absolute atomic E-state index is 0.132. The molecular formula is C13H19BrO3. The number of carbonyl (C=O) groups excluding carboxylic acids is 1. The van der Waals surface area contributed by atoms with E-state index in [0.29, 0.717) is 18.9 Å². The fourth-order valence-corrected chi connectivity index (χ4v) is 3.17. The highest BCUT2D eigenvalue weighted by Gasteiger charge is 2.59. The summed E-state index contributed by atoms with van der Waals surface area (Å²) in [7, 11) is 0. The van der Waals surface area contributed by atoms with Gasteiger partial charge in [0.2, 0.25) is 0 Å². The summed E-state index contributed by atoms with van der Waals surface area (Å²) in [5, 5.41) is 9.17. The van der Waals surface area contributed by atoms with Crippen molar-refractivity contribution in [2.45, 2.75) is 32.3 Å². The molecular weight excluding hydrogens is 284 g/mol. The molecule has 1 saturated heterocycles. The number of carbonyl (C=O) groups is 1. The molecule has 1 N–H and O–H groups in total. The first kappa shape index (κ1) is 13.2. The number of Topliss-reactive ketones (excluding diaryl/α,β-unsaturated/α-hetero) is 1. The maximum atomic E-state index is 11.9. The van der Waals surface area contributed by atoms with Crippen molar-refractivity contribution in [1.29, 1.82) is 0 Å². The average molecular weight is 303 g/mol. The first-order valence-corrected chi connectivity index (χ1v) is 6.94. The largest absolute Gasteiger partial charge is 0.396 e. The lowest BCUT2D eigenvalue weighted by molar-refractivity contribution is -0.125. The maximum Gasteiger partial charge on any atom is 0.171 e. The fourth-order valence-electron chi connectivity index (χ4n) is 2.45. The van der Waals surface area contributed by atoms with Crippen LogP contribution in [0.5, 0.6) is 0 Å². The number of ketones is 1. The number of hydrogen-bond donors (Lipinski definition) is 1. The number of hydrogen-bond acceptors (Lipinski definition) is 3. The van der Waals surface area contributed by atoms with Gasteiger partial charge in [-0.15, -0.1) is 0 Å². The lowest BCUT2D eigenvalue weighted by atomic mass is 9.76. The Morgan fingerprint density at radius 2 is 2.24 bits per heavy atom. The number of aliphatic hydroxyl groups is 1. The number of aliphatic hydroxyl groups excluding tert-OH is 1. The summed E-state index contributed by atoms with van der Waals surface area (Å²) < 4.78 is 6.55. The van der Waals surface area contributed by atoms with Crippen molar-refractivity contribution < 1.29 is 14.6 Å². The summed E-state index contributed by atoms with van der Waals surface area (Å²) in [6.07, 6.45) is 3.31. The van der Waals surface area contributed by atoms with Crippen LogP contribution in [-0.4, -0.2) is 29.7 Å². The van der Waals surface area contributed by atoms with Crippen LogP contribution in [0.3, 0.4) is 0 Å². The van der Waals surface area contributed by atoms with Gasteiger partial charge in [-0.25, -0.2) is 0 Å². The topological polar surface area (TPSA) is 49.8 Å². The Morgan fingerprint density at radius 3 is 2.76 bits per heavy atom. The Kier molecular flexibility index (Phi) is 3.76. The number of ether oxygens (including phenoxy) is 1. The van der Waals surface area contributed by atoms with Gasteiger partial charge in [0.1, 0.15) is 0 Å². The molecule has 0 bridgehead atoms. The Morgan fingerprint density at radius 1 is 1.59 bits per heavy atom. The van der Waals surface area contributed by atoms with Crippen LogP contribution in [0, 0.1) is 17.8 Å². The molecule has 0 aromatic rings. The molecule has 3 nitrogen and oxygen atoms in total. The molecule has 0 aromatic carbocycles. The van der Waals surface area contributed by atoms with Crippen LogP contribution in [0.15, 0.2) is 10.6 Å². The standard InChI is InChI=1S/C13H19BrO3/c1-8(9(2)6-15)5-10-11(14)3-4-12(16)13(10)7-17-13/h3,8-10,15H,4-7H2,1-2H3/t8?,9-,10?,13-/m1/s1. The van der Waals surface area contributed by atoms with E-state index < -0.39 is 5.60 Å². The van der Waals surface area contributed by atoms with E-state index in [9.17, 15) is 9.90 Å². The van der Waals surface area contributed by atoms with Crippen molar-refractivity contribution >= 4 is 21.7 Å². The van der Waals surface area contributed by atoms with Crippen molar-refractivity contribution in [3.8, 4) is 0 Å². The molecule has 1 spiro atoms. The molecule has 0 aromatic heterocycles.